The summed E-state index contributed by atoms with van der Waals surface area (Å²) < 4.78 is 3.60. The van der Waals surface area contributed by atoms with E-state index in [0.29, 0.717) is 10.7 Å². The number of aromatic nitrogens is 1. The summed E-state index contributed by atoms with van der Waals surface area (Å²) in [4.78, 5) is 17.1. The van der Waals surface area contributed by atoms with Crippen molar-refractivity contribution >= 4 is 53.9 Å². The Morgan fingerprint density at radius 2 is 1.86 bits per heavy atom. The number of fused-ring (bicyclic) bond motifs is 3. The first kappa shape index (κ1) is 12.5. The molecule has 3 nitrogen and oxygen atoms in total. The van der Waals surface area contributed by atoms with Crippen molar-refractivity contribution in [2.45, 2.75) is 0 Å². The summed E-state index contributed by atoms with van der Waals surface area (Å²) in [5.41, 5.74) is 0. The molecule has 5 heteroatoms. The molecule has 0 aliphatic heterocycles. The Balaban J connectivity index is 1.72. The molecule has 0 saturated heterocycles. The summed E-state index contributed by atoms with van der Waals surface area (Å²) in [6.07, 6.45) is 1.66. The van der Waals surface area contributed by atoms with Gasteiger partial charge in [0, 0.05) is 21.0 Å². The maximum atomic E-state index is 12.3. The van der Waals surface area contributed by atoms with Crippen molar-refractivity contribution in [2.75, 3.05) is 5.32 Å². The normalized spacial score (nSPS) is 11.0. The molecule has 0 saturated carbocycles. The molecule has 0 radical (unpaired) electrons. The van der Waals surface area contributed by atoms with Gasteiger partial charge in [0.15, 0.2) is 0 Å². The lowest BCUT2D eigenvalue weighted by molar-refractivity contribution is 0.103. The third-order valence-electron chi connectivity index (χ3n) is 3.18. The van der Waals surface area contributed by atoms with Gasteiger partial charge in [-0.3, -0.25) is 4.79 Å². The average molecular weight is 310 g/mol. The van der Waals surface area contributed by atoms with Gasteiger partial charge in [-0.2, -0.15) is 0 Å². The molecule has 4 rings (SSSR count). The lowest BCUT2D eigenvalue weighted by atomic mass is 10.2. The monoisotopic (exact) mass is 310 g/mol. The van der Waals surface area contributed by atoms with Crippen molar-refractivity contribution in [3.8, 4) is 0 Å². The van der Waals surface area contributed by atoms with Gasteiger partial charge >= 0.3 is 0 Å². The molecule has 4 aromatic rings. The van der Waals surface area contributed by atoms with Crippen LogP contribution in [-0.4, -0.2) is 10.9 Å². The van der Waals surface area contributed by atoms with Crippen LogP contribution in [0, 0.1) is 0 Å². The van der Waals surface area contributed by atoms with Crippen LogP contribution < -0.4 is 5.32 Å². The van der Waals surface area contributed by atoms with E-state index >= 15 is 0 Å². The van der Waals surface area contributed by atoms with Gasteiger partial charge in [-0.1, -0.05) is 24.3 Å². The molecule has 0 atom stereocenters. The van der Waals surface area contributed by atoms with E-state index < -0.39 is 0 Å². The van der Waals surface area contributed by atoms with E-state index in [-0.39, 0.29) is 5.91 Å². The molecule has 0 spiro atoms. The second-order valence-corrected chi connectivity index (χ2v) is 6.71. The van der Waals surface area contributed by atoms with Crippen molar-refractivity contribution in [1.82, 2.24) is 4.98 Å². The Morgan fingerprint density at radius 3 is 2.71 bits per heavy atom. The number of pyridine rings is 1. The van der Waals surface area contributed by atoms with Crippen LogP contribution in [0.5, 0.6) is 0 Å². The number of rotatable bonds is 2. The molecular formula is C16H10N2OS2. The van der Waals surface area contributed by atoms with Crippen LogP contribution in [0.4, 0.5) is 5.82 Å². The van der Waals surface area contributed by atoms with E-state index in [1.54, 1.807) is 23.6 Å². The third kappa shape index (κ3) is 2.20. The number of hydrogen-bond acceptors (Lipinski definition) is 4. The van der Waals surface area contributed by atoms with E-state index in [4.69, 9.17) is 0 Å². The number of hydrogen-bond donors (Lipinski definition) is 1. The van der Waals surface area contributed by atoms with E-state index in [0.717, 1.165) is 4.70 Å². The number of carbonyl (C=O) groups excluding carboxylic acids is 1. The SMILES string of the molecule is O=C(Nc1ccccn1)c1cc2sc3ccccc3c2s1. The standard InChI is InChI=1S/C16H10N2OS2/c19-16(18-14-7-3-4-8-17-14)13-9-12-15(21-13)10-5-1-2-6-11(10)20-12/h1-9H,(H,17,18,19). The highest BCUT2D eigenvalue weighted by atomic mass is 32.1. The van der Waals surface area contributed by atoms with Crippen LogP contribution in [0.1, 0.15) is 9.67 Å². The van der Waals surface area contributed by atoms with Gasteiger partial charge < -0.3 is 5.32 Å². The molecule has 3 heterocycles. The number of nitrogens with zero attached hydrogens (tertiary/aromatic N) is 1. The number of anilines is 1. The Morgan fingerprint density at radius 1 is 1.00 bits per heavy atom. The average Bonchev–Trinajstić information content (AvgIpc) is 3.06. The van der Waals surface area contributed by atoms with Crippen molar-refractivity contribution in [2.24, 2.45) is 0 Å². The number of benzene rings is 1. The highest BCUT2D eigenvalue weighted by Crippen LogP contribution is 2.39. The highest BCUT2D eigenvalue weighted by molar-refractivity contribution is 7.33. The fourth-order valence-electron chi connectivity index (χ4n) is 2.23. The van der Waals surface area contributed by atoms with Crippen molar-refractivity contribution in [1.29, 1.82) is 0 Å². The molecule has 1 N–H and O–H groups in total. The summed E-state index contributed by atoms with van der Waals surface area (Å²) in [5.74, 6) is 0.468. The van der Waals surface area contributed by atoms with Crippen molar-refractivity contribution < 1.29 is 4.79 Å². The molecule has 0 aliphatic carbocycles. The lowest BCUT2D eigenvalue weighted by Gasteiger charge is -2.00. The van der Waals surface area contributed by atoms with Gasteiger partial charge in [-0.05, 0) is 24.3 Å². The lowest BCUT2D eigenvalue weighted by Crippen LogP contribution is -2.10. The van der Waals surface area contributed by atoms with Crippen molar-refractivity contribution in [3.05, 3.63) is 59.6 Å². The van der Waals surface area contributed by atoms with Gasteiger partial charge in [0.25, 0.3) is 5.91 Å². The molecule has 1 amide bonds. The zero-order chi connectivity index (χ0) is 14.2. The molecule has 102 valence electrons. The first-order valence-electron chi connectivity index (χ1n) is 6.45. The summed E-state index contributed by atoms with van der Waals surface area (Å²) in [5, 5.41) is 4.04. The Hall–Kier alpha value is -2.24. The fraction of sp³-hybridized carbons (Fsp3) is 0. The van der Waals surface area contributed by atoms with Crippen LogP contribution in [0.3, 0.4) is 0 Å². The van der Waals surface area contributed by atoms with Crippen LogP contribution >= 0.6 is 22.7 Å². The number of nitrogens with one attached hydrogen (secondary N) is 1. The maximum Gasteiger partial charge on any atom is 0.266 e. The molecular weight excluding hydrogens is 300 g/mol. The smallest absolute Gasteiger partial charge is 0.266 e. The van der Waals surface area contributed by atoms with Crippen LogP contribution in [0.25, 0.3) is 19.5 Å². The number of carbonyl (C=O) groups is 1. The Kier molecular flexibility index (Phi) is 2.94. The number of thiophene rings is 2. The number of amides is 1. The summed E-state index contributed by atoms with van der Waals surface area (Å²) in [6, 6.07) is 15.7. The predicted molar refractivity (Wildman–Crippen MR) is 89.4 cm³/mol. The Labute approximate surface area is 128 Å². The molecule has 1 aromatic carbocycles. The third-order valence-corrected chi connectivity index (χ3v) is 5.59. The van der Waals surface area contributed by atoms with Gasteiger partial charge in [-0.15, -0.1) is 22.7 Å². The minimum atomic E-state index is -0.105. The minimum absolute atomic E-state index is 0.105. The Bertz CT molecular complexity index is 941. The van der Waals surface area contributed by atoms with E-state index in [1.807, 2.05) is 30.3 Å². The van der Waals surface area contributed by atoms with Crippen LogP contribution in [0.15, 0.2) is 54.7 Å². The second kappa shape index (κ2) is 4.95. The zero-order valence-corrected chi connectivity index (χ0v) is 12.5. The first-order chi connectivity index (χ1) is 10.3. The molecule has 21 heavy (non-hydrogen) atoms. The van der Waals surface area contributed by atoms with E-state index in [9.17, 15) is 4.79 Å². The molecule has 3 aromatic heterocycles. The van der Waals surface area contributed by atoms with E-state index in [2.05, 4.69) is 22.4 Å². The van der Waals surface area contributed by atoms with Crippen LogP contribution in [0.2, 0.25) is 0 Å². The van der Waals surface area contributed by atoms with Gasteiger partial charge in [0.05, 0.1) is 9.58 Å². The van der Waals surface area contributed by atoms with Gasteiger partial charge in [0.1, 0.15) is 5.82 Å². The fourth-order valence-corrected chi connectivity index (χ4v) is 4.65. The summed E-state index contributed by atoms with van der Waals surface area (Å²) in [6.45, 7) is 0. The topological polar surface area (TPSA) is 42.0 Å². The van der Waals surface area contributed by atoms with Gasteiger partial charge in [-0.25, -0.2) is 4.98 Å². The largest absolute Gasteiger partial charge is 0.306 e. The minimum Gasteiger partial charge on any atom is -0.306 e. The molecule has 0 bridgehead atoms. The first-order valence-corrected chi connectivity index (χ1v) is 8.08. The quantitative estimate of drug-likeness (QED) is 0.580. The molecule has 0 aliphatic rings. The molecule has 0 fully saturated rings. The zero-order valence-electron chi connectivity index (χ0n) is 10.9. The highest BCUT2D eigenvalue weighted by Gasteiger charge is 2.14. The van der Waals surface area contributed by atoms with Crippen LogP contribution in [-0.2, 0) is 0 Å². The molecule has 0 unspecified atom stereocenters. The van der Waals surface area contributed by atoms with E-state index in [1.165, 1.54) is 26.1 Å². The predicted octanol–water partition coefficient (Wildman–Crippen LogP) is 4.76. The summed E-state index contributed by atoms with van der Waals surface area (Å²) in [7, 11) is 0. The summed E-state index contributed by atoms with van der Waals surface area (Å²) >= 11 is 3.25. The maximum absolute atomic E-state index is 12.3. The van der Waals surface area contributed by atoms with Gasteiger partial charge in [0.2, 0.25) is 0 Å². The van der Waals surface area contributed by atoms with Crippen molar-refractivity contribution in [3.63, 3.8) is 0 Å². The second-order valence-electron chi connectivity index (χ2n) is 4.57.